The van der Waals surface area contributed by atoms with E-state index in [1.807, 2.05) is 0 Å². The monoisotopic (exact) mass is 407 g/mol. The van der Waals surface area contributed by atoms with Crippen LogP contribution in [0, 0.1) is 6.92 Å². The molecule has 0 spiro atoms. The Morgan fingerprint density at radius 3 is 2.58 bits per heavy atom. The second kappa shape index (κ2) is 7.09. The Hall–Kier alpha value is -1.78. The summed E-state index contributed by atoms with van der Waals surface area (Å²) < 4.78 is 62.1. The lowest BCUT2D eigenvalue weighted by atomic mass is 9.99. The largest absolute Gasteiger partial charge is 0.433 e. The minimum Gasteiger partial charge on any atom is -0.433 e. The standard InChI is InChI=1S/C15H16ClF2N3O4S/c1-9-19-13(20-25-9)15(6-2-3-7-15)21-26(22,23)10-4-5-12(11(16)8-10)24-14(17)18/h4-5,8,14,21H,2-3,6-7H2,1H3. The van der Waals surface area contributed by atoms with Crippen molar-refractivity contribution in [1.82, 2.24) is 14.9 Å². The lowest BCUT2D eigenvalue weighted by Gasteiger charge is -2.26. The zero-order valence-corrected chi connectivity index (χ0v) is 15.3. The van der Waals surface area contributed by atoms with Gasteiger partial charge in [0.05, 0.1) is 15.5 Å². The number of hydrogen-bond acceptors (Lipinski definition) is 6. The third kappa shape index (κ3) is 3.81. The van der Waals surface area contributed by atoms with Gasteiger partial charge in [0, 0.05) is 6.92 Å². The molecule has 1 aromatic carbocycles. The summed E-state index contributed by atoms with van der Waals surface area (Å²) in [7, 11) is -4.01. The Labute approximate surface area is 153 Å². The molecule has 0 saturated heterocycles. The normalized spacial score (nSPS) is 17.0. The van der Waals surface area contributed by atoms with Gasteiger partial charge >= 0.3 is 6.61 Å². The summed E-state index contributed by atoms with van der Waals surface area (Å²) in [6.45, 7) is -1.44. The molecule has 0 unspecified atom stereocenters. The Kier molecular flexibility index (Phi) is 5.18. The van der Waals surface area contributed by atoms with Gasteiger partial charge in [-0.25, -0.2) is 8.42 Å². The van der Waals surface area contributed by atoms with E-state index in [0.29, 0.717) is 18.7 Å². The molecule has 26 heavy (non-hydrogen) atoms. The summed E-state index contributed by atoms with van der Waals surface area (Å²) in [5, 5.41) is 3.64. The maximum Gasteiger partial charge on any atom is 0.387 e. The molecule has 1 aliphatic carbocycles. The molecule has 1 aliphatic rings. The predicted octanol–water partition coefficient (Wildman–Crippen LogP) is 3.38. The van der Waals surface area contributed by atoms with Gasteiger partial charge < -0.3 is 9.26 Å². The molecule has 1 saturated carbocycles. The van der Waals surface area contributed by atoms with E-state index < -0.39 is 22.2 Å². The van der Waals surface area contributed by atoms with Crippen LogP contribution in [-0.2, 0) is 15.6 Å². The van der Waals surface area contributed by atoms with E-state index in [9.17, 15) is 17.2 Å². The number of rotatable bonds is 6. The summed E-state index contributed by atoms with van der Waals surface area (Å²) in [5.41, 5.74) is -0.971. The van der Waals surface area contributed by atoms with E-state index in [4.69, 9.17) is 16.1 Å². The first-order valence-corrected chi connectivity index (χ1v) is 9.67. The van der Waals surface area contributed by atoms with Crippen LogP contribution in [0.1, 0.15) is 37.4 Å². The van der Waals surface area contributed by atoms with Gasteiger partial charge in [0.25, 0.3) is 0 Å². The highest BCUT2D eigenvalue weighted by Gasteiger charge is 2.43. The number of aryl methyl sites for hydroxylation is 1. The fourth-order valence-electron chi connectivity index (χ4n) is 3.00. The summed E-state index contributed by atoms with van der Waals surface area (Å²) >= 11 is 5.86. The van der Waals surface area contributed by atoms with Crippen LogP contribution in [0.3, 0.4) is 0 Å². The SMILES string of the molecule is Cc1nc(C2(NS(=O)(=O)c3ccc(OC(F)F)c(Cl)c3)CCCC2)no1. The fraction of sp³-hybridized carbons (Fsp3) is 0.467. The van der Waals surface area contributed by atoms with Gasteiger partial charge in [0.2, 0.25) is 15.9 Å². The number of sulfonamides is 1. The van der Waals surface area contributed by atoms with Gasteiger partial charge in [-0.05, 0) is 31.0 Å². The molecule has 0 amide bonds. The average Bonchev–Trinajstić information content (AvgIpc) is 3.18. The van der Waals surface area contributed by atoms with Gasteiger partial charge in [-0.15, -0.1) is 0 Å². The summed E-state index contributed by atoms with van der Waals surface area (Å²) in [6.07, 6.45) is 2.65. The number of alkyl halides is 2. The molecule has 0 radical (unpaired) electrons. The lowest BCUT2D eigenvalue weighted by molar-refractivity contribution is -0.0498. The van der Waals surface area contributed by atoms with Gasteiger partial charge in [0.1, 0.15) is 5.75 Å². The quantitative estimate of drug-likeness (QED) is 0.788. The van der Waals surface area contributed by atoms with E-state index in [-0.39, 0.29) is 21.5 Å². The second-order valence-electron chi connectivity index (χ2n) is 6.00. The first-order valence-electron chi connectivity index (χ1n) is 7.81. The van der Waals surface area contributed by atoms with E-state index >= 15 is 0 Å². The number of benzene rings is 1. The van der Waals surface area contributed by atoms with Crippen LogP contribution in [0.2, 0.25) is 5.02 Å². The van der Waals surface area contributed by atoms with Gasteiger partial charge in [-0.3, -0.25) is 0 Å². The van der Waals surface area contributed by atoms with Gasteiger partial charge in [-0.1, -0.05) is 29.6 Å². The van der Waals surface area contributed by atoms with E-state index in [2.05, 4.69) is 19.6 Å². The number of hydrogen-bond donors (Lipinski definition) is 1. The molecule has 1 heterocycles. The van der Waals surface area contributed by atoms with Crippen LogP contribution in [0.4, 0.5) is 8.78 Å². The number of aromatic nitrogens is 2. The highest BCUT2D eigenvalue weighted by atomic mass is 35.5. The van der Waals surface area contributed by atoms with Crippen LogP contribution < -0.4 is 9.46 Å². The third-order valence-corrected chi connectivity index (χ3v) is 6.00. The summed E-state index contributed by atoms with van der Waals surface area (Å²) in [5.74, 6) is 0.312. The van der Waals surface area contributed by atoms with Crippen molar-refractivity contribution in [3.05, 3.63) is 34.9 Å². The highest BCUT2D eigenvalue weighted by molar-refractivity contribution is 7.89. The van der Waals surface area contributed by atoms with Crippen molar-refractivity contribution in [3.8, 4) is 5.75 Å². The van der Waals surface area contributed by atoms with Crippen molar-refractivity contribution in [2.75, 3.05) is 0 Å². The van der Waals surface area contributed by atoms with Crippen molar-refractivity contribution in [2.45, 2.75) is 49.7 Å². The van der Waals surface area contributed by atoms with Gasteiger partial charge in [0.15, 0.2) is 5.82 Å². The van der Waals surface area contributed by atoms with Crippen molar-refractivity contribution in [2.24, 2.45) is 0 Å². The number of halogens is 3. The minimum absolute atomic E-state index is 0.171. The topological polar surface area (TPSA) is 94.3 Å². The molecule has 1 fully saturated rings. The van der Waals surface area contributed by atoms with Gasteiger partial charge in [-0.2, -0.15) is 18.5 Å². The molecule has 11 heteroatoms. The molecule has 7 nitrogen and oxygen atoms in total. The molecular weight excluding hydrogens is 392 g/mol. The zero-order chi connectivity index (χ0) is 18.9. The van der Waals surface area contributed by atoms with Crippen molar-refractivity contribution in [3.63, 3.8) is 0 Å². The molecule has 1 aromatic heterocycles. The first-order chi connectivity index (χ1) is 12.2. The van der Waals surface area contributed by atoms with Crippen LogP contribution >= 0.6 is 11.6 Å². The molecule has 0 atom stereocenters. The van der Waals surface area contributed by atoms with Crippen molar-refractivity contribution >= 4 is 21.6 Å². The molecular formula is C15H16ClF2N3O4S. The summed E-state index contributed by atoms with van der Waals surface area (Å²) in [6, 6.07) is 3.30. The van der Waals surface area contributed by atoms with E-state index in [1.54, 1.807) is 6.92 Å². The molecule has 2 aromatic rings. The Balaban J connectivity index is 1.91. The first kappa shape index (κ1) is 19.0. The smallest absolute Gasteiger partial charge is 0.387 e. The second-order valence-corrected chi connectivity index (χ2v) is 8.09. The summed E-state index contributed by atoms with van der Waals surface area (Å²) in [4.78, 5) is 4.00. The fourth-order valence-corrected chi connectivity index (χ4v) is 4.74. The maximum atomic E-state index is 12.8. The number of ether oxygens (including phenoxy) is 1. The highest BCUT2D eigenvalue weighted by Crippen LogP contribution is 2.39. The molecule has 0 aliphatic heterocycles. The molecule has 0 bridgehead atoms. The Morgan fingerprint density at radius 1 is 1.35 bits per heavy atom. The molecule has 142 valence electrons. The third-order valence-electron chi connectivity index (χ3n) is 4.17. The van der Waals surface area contributed by atoms with E-state index in [1.165, 1.54) is 0 Å². The lowest BCUT2D eigenvalue weighted by Crippen LogP contribution is -2.44. The number of nitrogens with zero attached hydrogens (tertiary/aromatic N) is 2. The Morgan fingerprint density at radius 2 is 2.04 bits per heavy atom. The van der Waals surface area contributed by atoms with Crippen LogP contribution in [0.5, 0.6) is 5.75 Å². The van der Waals surface area contributed by atoms with Crippen molar-refractivity contribution in [1.29, 1.82) is 0 Å². The predicted molar refractivity (Wildman–Crippen MR) is 87.6 cm³/mol. The van der Waals surface area contributed by atoms with Crippen LogP contribution in [-0.4, -0.2) is 25.2 Å². The minimum atomic E-state index is -4.01. The van der Waals surface area contributed by atoms with Crippen LogP contribution in [0.15, 0.2) is 27.6 Å². The Bertz CT molecular complexity index is 898. The number of nitrogens with one attached hydrogen (secondary N) is 1. The zero-order valence-electron chi connectivity index (χ0n) is 13.7. The van der Waals surface area contributed by atoms with Crippen molar-refractivity contribution < 1.29 is 26.5 Å². The average molecular weight is 408 g/mol. The van der Waals surface area contributed by atoms with E-state index in [0.717, 1.165) is 31.0 Å². The maximum absolute atomic E-state index is 12.8. The molecule has 3 rings (SSSR count). The molecule has 1 N–H and O–H groups in total. The van der Waals surface area contributed by atoms with Crippen LogP contribution in [0.25, 0.3) is 0 Å².